The number of nitrogens with one attached hydrogen (secondary N) is 2. The number of aliphatic hydroxyl groups excluding tert-OH is 1. The number of thiazole rings is 1. The van der Waals surface area contributed by atoms with Crippen molar-refractivity contribution in [3.05, 3.63) is 11.1 Å². The second-order valence-electron chi connectivity index (χ2n) is 4.08. The van der Waals surface area contributed by atoms with Gasteiger partial charge in [-0.3, -0.25) is 5.32 Å². The smallest absolute Gasteiger partial charge is 0.321 e. The van der Waals surface area contributed by atoms with Crippen molar-refractivity contribution in [3.8, 4) is 0 Å². The Labute approximate surface area is 105 Å². The van der Waals surface area contributed by atoms with E-state index in [0.29, 0.717) is 5.13 Å². The quantitative estimate of drug-likeness (QED) is 0.755. The number of carbonyl (C=O) groups excluding carboxylic acids is 1. The second-order valence-corrected chi connectivity index (χ2v) is 4.94. The molecule has 0 aliphatic heterocycles. The van der Waals surface area contributed by atoms with Gasteiger partial charge in [0.1, 0.15) is 0 Å². The minimum atomic E-state index is -0.510. The predicted octanol–water partition coefficient (Wildman–Crippen LogP) is 1.98. The Balaban J connectivity index is 2.30. The summed E-state index contributed by atoms with van der Waals surface area (Å²) in [4.78, 5) is 15.6. The third-order valence-corrected chi connectivity index (χ3v) is 3.49. The first-order valence-corrected chi connectivity index (χ1v) is 6.56. The minimum absolute atomic E-state index is 0.178. The van der Waals surface area contributed by atoms with E-state index in [9.17, 15) is 9.90 Å². The van der Waals surface area contributed by atoms with Crippen molar-refractivity contribution in [2.45, 2.75) is 33.3 Å². The van der Waals surface area contributed by atoms with Gasteiger partial charge in [0.25, 0.3) is 0 Å². The van der Waals surface area contributed by atoms with Gasteiger partial charge < -0.3 is 10.4 Å². The topological polar surface area (TPSA) is 74.2 Å². The monoisotopic (exact) mass is 257 g/mol. The number of hydrogen-bond acceptors (Lipinski definition) is 4. The van der Waals surface area contributed by atoms with Gasteiger partial charge in [-0.2, -0.15) is 0 Å². The lowest BCUT2D eigenvalue weighted by atomic mass is 10.0. The van der Waals surface area contributed by atoms with Crippen molar-refractivity contribution < 1.29 is 9.90 Å². The molecule has 2 unspecified atom stereocenters. The Morgan fingerprint density at radius 1 is 1.65 bits per heavy atom. The fourth-order valence-electron chi connectivity index (χ4n) is 1.22. The number of aryl methyl sites for hydroxylation is 1. The van der Waals surface area contributed by atoms with Gasteiger partial charge in [-0.25, -0.2) is 9.78 Å². The van der Waals surface area contributed by atoms with Crippen LogP contribution in [-0.4, -0.2) is 28.8 Å². The molecule has 1 aromatic heterocycles. The second kappa shape index (κ2) is 6.56. The van der Waals surface area contributed by atoms with Gasteiger partial charge in [0.05, 0.1) is 11.8 Å². The van der Waals surface area contributed by atoms with Gasteiger partial charge in [0.2, 0.25) is 0 Å². The first kappa shape index (κ1) is 13.9. The molecule has 3 N–H and O–H groups in total. The molecule has 5 nitrogen and oxygen atoms in total. The van der Waals surface area contributed by atoms with Crippen LogP contribution in [0.25, 0.3) is 0 Å². The zero-order chi connectivity index (χ0) is 12.8. The van der Waals surface area contributed by atoms with Crippen LogP contribution in [0.1, 0.15) is 26.0 Å². The molecule has 1 heterocycles. The molecule has 0 fully saturated rings. The van der Waals surface area contributed by atoms with Crippen molar-refractivity contribution in [3.63, 3.8) is 0 Å². The van der Waals surface area contributed by atoms with Crippen LogP contribution in [-0.2, 0) is 0 Å². The number of anilines is 1. The first-order valence-electron chi connectivity index (χ1n) is 5.68. The van der Waals surface area contributed by atoms with E-state index in [2.05, 4.69) is 15.6 Å². The highest BCUT2D eigenvalue weighted by Gasteiger charge is 2.13. The molecule has 2 amide bonds. The number of aliphatic hydroxyl groups is 1. The van der Waals surface area contributed by atoms with Crippen molar-refractivity contribution in [1.82, 2.24) is 10.3 Å². The predicted molar refractivity (Wildman–Crippen MR) is 69.3 cm³/mol. The summed E-state index contributed by atoms with van der Waals surface area (Å²) in [5.41, 5.74) is 0.880. The molecule has 0 bridgehead atoms. The maximum absolute atomic E-state index is 11.5. The molecule has 1 aromatic rings. The van der Waals surface area contributed by atoms with E-state index in [-0.39, 0.29) is 18.5 Å². The summed E-state index contributed by atoms with van der Waals surface area (Å²) in [5, 5.41) is 17.4. The van der Waals surface area contributed by atoms with E-state index in [1.165, 1.54) is 11.3 Å². The summed E-state index contributed by atoms with van der Waals surface area (Å²) < 4.78 is 0. The lowest BCUT2D eigenvalue weighted by molar-refractivity contribution is 0.115. The molecule has 96 valence electrons. The summed E-state index contributed by atoms with van der Waals surface area (Å²) in [6.07, 6.45) is 0.375. The lowest BCUT2D eigenvalue weighted by Gasteiger charge is -2.17. The third-order valence-electron chi connectivity index (χ3n) is 2.61. The highest BCUT2D eigenvalue weighted by molar-refractivity contribution is 7.13. The molecular formula is C11H19N3O2S. The van der Waals surface area contributed by atoms with E-state index in [1.807, 2.05) is 26.2 Å². The molecule has 0 aliphatic rings. The summed E-state index contributed by atoms with van der Waals surface area (Å²) in [5.74, 6) is 0.178. The summed E-state index contributed by atoms with van der Waals surface area (Å²) in [6.45, 7) is 6.08. The largest absolute Gasteiger partial charge is 0.391 e. The molecule has 0 spiro atoms. The number of amides is 2. The van der Waals surface area contributed by atoms with E-state index in [1.54, 1.807) is 0 Å². The molecule has 17 heavy (non-hydrogen) atoms. The van der Waals surface area contributed by atoms with Crippen molar-refractivity contribution in [2.75, 3.05) is 11.9 Å². The Morgan fingerprint density at radius 3 is 2.88 bits per heavy atom. The van der Waals surface area contributed by atoms with E-state index in [0.717, 1.165) is 12.1 Å². The summed E-state index contributed by atoms with van der Waals surface area (Å²) in [7, 11) is 0. The molecule has 0 aromatic carbocycles. The highest BCUT2D eigenvalue weighted by atomic mass is 32.1. The number of aromatic nitrogens is 1. The minimum Gasteiger partial charge on any atom is -0.391 e. The maximum atomic E-state index is 11.5. The molecule has 0 saturated carbocycles. The molecule has 0 saturated heterocycles. The fourth-order valence-corrected chi connectivity index (χ4v) is 1.91. The van der Waals surface area contributed by atoms with Gasteiger partial charge in [0.15, 0.2) is 5.13 Å². The number of nitrogens with zero attached hydrogens (tertiary/aromatic N) is 1. The van der Waals surface area contributed by atoms with Crippen LogP contribution in [0.2, 0.25) is 0 Å². The molecule has 2 atom stereocenters. The van der Waals surface area contributed by atoms with E-state index in [4.69, 9.17) is 0 Å². The zero-order valence-electron chi connectivity index (χ0n) is 10.4. The summed E-state index contributed by atoms with van der Waals surface area (Å²) >= 11 is 1.38. The molecule has 0 aliphatic carbocycles. The van der Waals surface area contributed by atoms with Gasteiger partial charge in [-0.1, -0.05) is 20.3 Å². The van der Waals surface area contributed by atoms with Gasteiger partial charge >= 0.3 is 6.03 Å². The van der Waals surface area contributed by atoms with Crippen molar-refractivity contribution in [1.29, 1.82) is 0 Å². The Hall–Kier alpha value is -1.14. The number of carbonyl (C=O) groups is 1. The van der Waals surface area contributed by atoms with Crippen LogP contribution in [0, 0.1) is 12.8 Å². The number of rotatable bonds is 5. The average molecular weight is 257 g/mol. The average Bonchev–Trinajstić information content (AvgIpc) is 2.70. The van der Waals surface area contributed by atoms with Crippen LogP contribution in [0.15, 0.2) is 5.38 Å². The number of hydrogen-bond donors (Lipinski definition) is 3. The van der Waals surface area contributed by atoms with Crippen LogP contribution in [0.4, 0.5) is 9.93 Å². The van der Waals surface area contributed by atoms with Crippen molar-refractivity contribution >= 4 is 22.5 Å². The van der Waals surface area contributed by atoms with Crippen LogP contribution < -0.4 is 10.6 Å². The third kappa shape index (κ3) is 4.70. The van der Waals surface area contributed by atoms with Crippen LogP contribution in [0.3, 0.4) is 0 Å². The first-order chi connectivity index (χ1) is 8.02. The molecule has 0 radical (unpaired) electrons. The Morgan fingerprint density at radius 2 is 2.35 bits per heavy atom. The maximum Gasteiger partial charge on any atom is 0.321 e. The van der Waals surface area contributed by atoms with E-state index < -0.39 is 6.10 Å². The SMILES string of the molecule is CCC(C)C(O)CNC(=O)Nc1nc(C)cs1. The van der Waals surface area contributed by atoms with Crippen LogP contribution >= 0.6 is 11.3 Å². The molecule has 6 heteroatoms. The normalized spacial score (nSPS) is 14.1. The zero-order valence-corrected chi connectivity index (χ0v) is 11.2. The van der Waals surface area contributed by atoms with Gasteiger partial charge in [-0.05, 0) is 12.8 Å². The lowest BCUT2D eigenvalue weighted by Crippen LogP contribution is -2.37. The van der Waals surface area contributed by atoms with Gasteiger partial charge in [-0.15, -0.1) is 11.3 Å². The van der Waals surface area contributed by atoms with Crippen LogP contribution in [0.5, 0.6) is 0 Å². The Kier molecular flexibility index (Phi) is 5.37. The van der Waals surface area contributed by atoms with E-state index >= 15 is 0 Å². The molecular weight excluding hydrogens is 238 g/mol. The fraction of sp³-hybridized carbons (Fsp3) is 0.636. The van der Waals surface area contributed by atoms with Gasteiger partial charge in [0, 0.05) is 11.9 Å². The highest BCUT2D eigenvalue weighted by Crippen LogP contribution is 2.13. The molecule has 1 rings (SSSR count). The standard InChI is InChI=1S/C11H19N3O2S/c1-4-7(2)9(15)5-12-10(16)14-11-13-8(3)6-17-11/h6-7,9,15H,4-5H2,1-3H3,(H2,12,13,14,16). The summed E-state index contributed by atoms with van der Waals surface area (Å²) in [6, 6.07) is -0.332. The van der Waals surface area contributed by atoms with Crippen molar-refractivity contribution in [2.24, 2.45) is 5.92 Å². The number of urea groups is 1. The Bertz CT molecular complexity index is 367.